The fourth-order valence-electron chi connectivity index (χ4n) is 1.35. The second-order valence-electron chi connectivity index (χ2n) is 3.35. The van der Waals surface area contributed by atoms with Crippen LogP contribution in [0.1, 0.15) is 29.3 Å². The SMILES string of the molecule is CCCOc1c([N+](=O)[O-])ccc(C=O)c1C. The molecule has 0 saturated heterocycles. The summed E-state index contributed by atoms with van der Waals surface area (Å²) in [6, 6.07) is 2.72. The third-order valence-electron chi connectivity index (χ3n) is 2.20. The lowest BCUT2D eigenvalue weighted by Crippen LogP contribution is -2.03. The van der Waals surface area contributed by atoms with Crippen LogP contribution in [0.2, 0.25) is 0 Å². The maximum atomic E-state index is 10.8. The lowest BCUT2D eigenvalue weighted by molar-refractivity contribution is -0.385. The summed E-state index contributed by atoms with van der Waals surface area (Å²) < 4.78 is 5.32. The molecule has 0 aliphatic carbocycles. The maximum absolute atomic E-state index is 10.8. The summed E-state index contributed by atoms with van der Waals surface area (Å²) in [6.45, 7) is 3.94. The van der Waals surface area contributed by atoms with Gasteiger partial charge in [-0.25, -0.2) is 0 Å². The Balaban J connectivity index is 3.24. The van der Waals surface area contributed by atoms with Crippen molar-refractivity contribution in [2.45, 2.75) is 20.3 Å². The van der Waals surface area contributed by atoms with E-state index in [4.69, 9.17) is 4.74 Å². The van der Waals surface area contributed by atoms with Crippen molar-refractivity contribution in [2.75, 3.05) is 6.61 Å². The highest BCUT2D eigenvalue weighted by Gasteiger charge is 2.19. The minimum absolute atomic E-state index is 0.100. The smallest absolute Gasteiger partial charge is 0.311 e. The molecule has 0 aromatic heterocycles. The molecule has 0 radical (unpaired) electrons. The van der Waals surface area contributed by atoms with Crippen LogP contribution in [0.4, 0.5) is 5.69 Å². The number of aldehydes is 1. The van der Waals surface area contributed by atoms with Crippen LogP contribution in [0.15, 0.2) is 12.1 Å². The normalized spacial score (nSPS) is 9.88. The second kappa shape index (κ2) is 5.25. The molecular weight excluding hydrogens is 210 g/mol. The van der Waals surface area contributed by atoms with E-state index in [0.717, 1.165) is 6.42 Å². The molecule has 1 aromatic rings. The molecule has 0 unspecified atom stereocenters. The van der Waals surface area contributed by atoms with Crippen LogP contribution in [0.3, 0.4) is 0 Å². The molecule has 0 heterocycles. The first-order valence-electron chi connectivity index (χ1n) is 4.97. The first-order valence-corrected chi connectivity index (χ1v) is 4.97. The number of rotatable bonds is 5. The van der Waals surface area contributed by atoms with E-state index in [1.807, 2.05) is 6.92 Å². The summed E-state index contributed by atoms with van der Waals surface area (Å²) in [4.78, 5) is 21.0. The van der Waals surface area contributed by atoms with Crippen molar-refractivity contribution >= 4 is 12.0 Å². The standard InChI is InChI=1S/C11H13NO4/c1-3-6-16-11-8(2)9(7-13)4-5-10(11)12(14)15/h4-5,7H,3,6H2,1-2H3. The van der Waals surface area contributed by atoms with Crippen molar-refractivity contribution in [3.05, 3.63) is 33.4 Å². The van der Waals surface area contributed by atoms with E-state index >= 15 is 0 Å². The fraction of sp³-hybridized carbons (Fsp3) is 0.364. The van der Waals surface area contributed by atoms with Gasteiger partial charge in [0.15, 0.2) is 0 Å². The quantitative estimate of drug-likeness (QED) is 0.437. The number of nitro groups is 1. The van der Waals surface area contributed by atoms with Gasteiger partial charge in [-0.3, -0.25) is 14.9 Å². The summed E-state index contributed by atoms with van der Waals surface area (Å²) in [7, 11) is 0. The average molecular weight is 223 g/mol. The third-order valence-corrected chi connectivity index (χ3v) is 2.20. The summed E-state index contributed by atoms with van der Waals surface area (Å²) >= 11 is 0. The average Bonchev–Trinajstić information content (AvgIpc) is 2.26. The largest absolute Gasteiger partial charge is 0.487 e. The molecule has 0 aliphatic rings. The second-order valence-corrected chi connectivity index (χ2v) is 3.35. The van der Waals surface area contributed by atoms with Crippen molar-refractivity contribution in [1.82, 2.24) is 0 Å². The van der Waals surface area contributed by atoms with Crippen molar-refractivity contribution in [3.8, 4) is 5.75 Å². The van der Waals surface area contributed by atoms with Gasteiger partial charge in [-0.1, -0.05) is 6.92 Å². The Bertz CT molecular complexity index is 415. The van der Waals surface area contributed by atoms with E-state index in [1.165, 1.54) is 12.1 Å². The van der Waals surface area contributed by atoms with Crippen molar-refractivity contribution in [1.29, 1.82) is 0 Å². The molecule has 1 rings (SSSR count). The van der Waals surface area contributed by atoms with E-state index in [0.29, 0.717) is 24.0 Å². The first-order chi connectivity index (χ1) is 7.61. The Labute approximate surface area is 93.2 Å². The van der Waals surface area contributed by atoms with Crippen molar-refractivity contribution < 1.29 is 14.5 Å². The van der Waals surface area contributed by atoms with Crippen LogP contribution in [0.25, 0.3) is 0 Å². The van der Waals surface area contributed by atoms with Gasteiger partial charge in [-0.05, 0) is 19.4 Å². The van der Waals surface area contributed by atoms with Crippen LogP contribution in [0, 0.1) is 17.0 Å². The molecule has 5 nitrogen and oxygen atoms in total. The van der Waals surface area contributed by atoms with Gasteiger partial charge in [0.25, 0.3) is 0 Å². The van der Waals surface area contributed by atoms with Crippen LogP contribution in [0.5, 0.6) is 5.75 Å². The van der Waals surface area contributed by atoms with Crippen molar-refractivity contribution in [3.63, 3.8) is 0 Å². The zero-order valence-corrected chi connectivity index (χ0v) is 9.23. The maximum Gasteiger partial charge on any atom is 0.311 e. The lowest BCUT2D eigenvalue weighted by atomic mass is 10.1. The molecule has 1 aromatic carbocycles. The summed E-state index contributed by atoms with van der Waals surface area (Å²) in [5.74, 6) is 0.191. The Morgan fingerprint density at radius 1 is 1.50 bits per heavy atom. The molecule has 0 fully saturated rings. The molecule has 0 N–H and O–H groups in total. The minimum Gasteiger partial charge on any atom is -0.487 e. The molecular formula is C11H13NO4. The molecule has 0 spiro atoms. The number of benzene rings is 1. The zero-order valence-electron chi connectivity index (χ0n) is 9.23. The molecule has 16 heavy (non-hydrogen) atoms. The lowest BCUT2D eigenvalue weighted by Gasteiger charge is -2.09. The summed E-state index contributed by atoms with van der Waals surface area (Å²) in [5, 5.41) is 10.8. The van der Waals surface area contributed by atoms with Gasteiger partial charge in [0.05, 0.1) is 11.5 Å². The van der Waals surface area contributed by atoms with Crippen LogP contribution >= 0.6 is 0 Å². The van der Waals surface area contributed by atoms with Gasteiger partial charge in [0.1, 0.15) is 6.29 Å². The number of carbonyl (C=O) groups excluding carboxylic acids is 1. The van der Waals surface area contributed by atoms with Gasteiger partial charge >= 0.3 is 5.69 Å². The van der Waals surface area contributed by atoms with Gasteiger partial charge in [-0.2, -0.15) is 0 Å². The highest BCUT2D eigenvalue weighted by molar-refractivity contribution is 5.80. The fourth-order valence-corrected chi connectivity index (χ4v) is 1.35. The predicted octanol–water partition coefficient (Wildman–Crippen LogP) is 2.50. The highest BCUT2D eigenvalue weighted by Crippen LogP contribution is 2.32. The van der Waals surface area contributed by atoms with Crippen LogP contribution < -0.4 is 4.74 Å². The molecule has 0 amide bonds. The highest BCUT2D eigenvalue weighted by atomic mass is 16.6. The molecule has 0 saturated carbocycles. The first kappa shape index (κ1) is 12.2. The Kier molecular flexibility index (Phi) is 3.99. The topological polar surface area (TPSA) is 69.4 Å². The van der Waals surface area contributed by atoms with Crippen LogP contribution in [-0.2, 0) is 0 Å². The van der Waals surface area contributed by atoms with Gasteiger partial charge in [0.2, 0.25) is 5.75 Å². The van der Waals surface area contributed by atoms with E-state index in [-0.39, 0.29) is 11.4 Å². The van der Waals surface area contributed by atoms with E-state index in [2.05, 4.69) is 0 Å². The predicted molar refractivity (Wildman–Crippen MR) is 59.0 cm³/mol. The molecule has 0 atom stereocenters. The number of ether oxygens (including phenoxy) is 1. The van der Waals surface area contributed by atoms with Gasteiger partial charge < -0.3 is 4.74 Å². The molecule has 0 aliphatic heterocycles. The molecule has 0 bridgehead atoms. The van der Waals surface area contributed by atoms with E-state index < -0.39 is 4.92 Å². The van der Waals surface area contributed by atoms with Crippen molar-refractivity contribution in [2.24, 2.45) is 0 Å². The van der Waals surface area contributed by atoms with E-state index in [9.17, 15) is 14.9 Å². The number of nitro benzene ring substituents is 1. The van der Waals surface area contributed by atoms with E-state index in [1.54, 1.807) is 6.92 Å². The Morgan fingerprint density at radius 2 is 2.19 bits per heavy atom. The molecule has 86 valence electrons. The minimum atomic E-state index is -0.507. The number of nitrogens with zero attached hydrogens (tertiary/aromatic N) is 1. The number of carbonyl (C=O) groups is 1. The Morgan fingerprint density at radius 3 is 2.69 bits per heavy atom. The monoisotopic (exact) mass is 223 g/mol. The summed E-state index contributed by atoms with van der Waals surface area (Å²) in [6.07, 6.45) is 1.42. The molecule has 5 heteroatoms. The summed E-state index contributed by atoms with van der Waals surface area (Å²) in [5.41, 5.74) is 0.825. The number of hydrogen-bond donors (Lipinski definition) is 0. The number of hydrogen-bond acceptors (Lipinski definition) is 4. The zero-order chi connectivity index (χ0) is 12.1. The third kappa shape index (κ3) is 2.36. The van der Waals surface area contributed by atoms with Gasteiger partial charge in [0, 0.05) is 17.2 Å². The Hall–Kier alpha value is -1.91. The van der Waals surface area contributed by atoms with Crippen LogP contribution in [-0.4, -0.2) is 17.8 Å². The van der Waals surface area contributed by atoms with Gasteiger partial charge in [-0.15, -0.1) is 0 Å².